The van der Waals surface area contributed by atoms with Crippen LogP contribution >= 0.6 is 11.6 Å². The third kappa shape index (κ3) is 0.916. The van der Waals surface area contributed by atoms with Gasteiger partial charge in [-0.1, -0.05) is 23.7 Å². The Kier molecular flexibility index (Phi) is 1.58. The highest BCUT2D eigenvalue weighted by atomic mass is 35.5. The molecule has 0 atom stereocenters. The molecule has 0 amide bonds. The fraction of sp³-hybridized carbons (Fsp3) is 0.222. The second-order valence-electron chi connectivity index (χ2n) is 2.90. The van der Waals surface area contributed by atoms with Crippen LogP contribution in [0.15, 0.2) is 18.3 Å². The summed E-state index contributed by atoms with van der Waals surface area (Å²) in [6.07, 6.45) is 1.82. The molecule has 12 heavy (non-hydrogen) atoms. The zero-order chi connectivity index (χ0) is 8.72. The maximum atomic E-state index is 6.11. The molecule has 0 aliphatic heterocycles. The van der Waals surface area contributed by atoms with E-state index in [2.05, 4.69) is 5.10 Å². The quantitative estimate of drug-likeness (QED) is 0.609. The van der Waals surface area contributed by atoms with Crippen molar-refractivity contribution in [2.45, 2.75) is 6.92 Å². The van der Waals surface area contributed by atoms with Gasteiger partial charge in [-0.15, -0.1) is 0 Å². The summed E-state index contributed by atoms with van der Waals surface area (Å²) in [5.74, 6) is 0. The van der Waals surface area contributed by atoms with Crippen molar-refractivity contribution in [3.8, 4) is 0 Å². The lowest BCUT2D eigenvalue weighted by atomic mass is 10.2. The molecule has 0 radical (unpaired) electrons. The molecular weight excluding hydrogens is 172 g/mol. The Hall–Kier alpha value is -1.02. The van der Waals surface area contributed by atoms with Gasteiger partial charge >= 0.3 is 0 Å². The zero-order valence-electron chi connectivity index (χ0n) is 7.00. The van der Waals surface area contributed by atoms with E-state index < -0.39 is 0 Å². The van der Waals surface area contributed by atoms with Gasteiger partial charge in [-0.2, -0.15) is 5.10 Å². The lowest BCUT2D eigenvalue weighted by molar-refractivity contribution is 0.797. The van der Waals surface area contributed by atoms with Crippen LogP contribution in [0.1, 0.15) is 5.56 Å². The van der Waals surface area contributed by atoms with E-state index in [-0.39, 0.29) is 0 Å². The predicted octanol–water partition coefficient (Wildman–Crippen LogP) is 2.54. The maximum Gasteiger partial charge on any atom is 0.0867 e. The van der Waals surface area contributed by atoms with Gasteiger partial charge in [-0.3, -0.25) is 4.68 Å². The van der Waals surface area contributed by atoms with Crippen molar-refractivity contribution >= 4 is 22.5 Å². The number of hydrogen-bond donors (Lipinski definition) is 0. The molecule has 62 valence electrons. The monoisotopic (exact) mass is 180 g/mol. The van der Waals surface area contributed by atoms with E-state index in [1.807, 2.05) is 32.3 Å². The highest BCUT2D eigenvalue weighted by Gasteiger charge is 2.05. The van der Waals surface area contributed by atoms with Crippen molar-refractivity contribution in [3.63, 3.8) is 0 Å². The van der Waals surface area contributed by atoms with E-state index in [0.717, 1.165) is 21.5 Å². The van der Waals surface area contributed by atoms with Crippen LogP contribution in [0.2, 0.25) is 5.02 Å². The van der Waals surface area contributed by atoms with Crippen LogP contribution in [-0.2, 0) is 7.05 Å². The van der Waals surface area contributed by atoms with Gasteiger partial charge in [-0.25, -0.2) is 0 Å². The molecule has 2 rings (SSSR count). The largest absolute Gasteiger partial charge is 0.266 e. The van der Waals surface area contributed by atoms with E-state index in [1.54, 1.807) is 4.68 Å². The Morgan fingerprint density at radius 1 is 1.42 bits per heavy atom. The summed E-state index contributed by atoms with van der Waals surface area (Å²) in [4.78, 5) is 0. The molecule has 0 saturated heterocycles. The molecule has 1 heterocycles. The summed E-state index contributed by atoms with van der Waals surface area (Å²) in [6.45, 7) is 1.99. The highest BCUT2D eigenvalue weighted by molar-refractivity contribution is 6.35. The molecule has 2 nitrogen and oxygen atoms in total. The maximum absolute atomic E-state index is 6.11. The van der Waals surface area contributed by atoms with Crippen LogP contribution < -0.4 is 0 Å². The standard InChI is InChI=1S/C9H9ClN2/c1-6-3-4-7-5-11-12(2)9(7)8(6)10/h3-5H,1-2H3. The summed E-state index contributed by atoms with van der Waals surface area (Å²) < 4.78 is 1.80. The van der Waals surface area contributed by atoms with Crippen LogP contribution in [0.4, 0.5) is 0 Å². The van der Waals surface area contributed by atoms with Crippen molar-refractivity contribution in [2.24, 2.45) is 7.05 Å². The van der Waals surface area contributed by atoms with E-state index in [4.69, 9.17) is 11.6 Å². The van der Waals surface area contributed by atoms with E-state index in [1.165, 1.54) is 0 Å². The Morgan fingerprint density at radius 2 is 2.17 bits per heavy atom. The number of halogens is 1. The average molecular weight is 181 g/mol. The average Bonchev–Trinajstić information content (AvgIpc) is 2.41. The van der Waals surface area contributed by atoms with Crippen LogP contribution in [0.3, 0.4) is 0 Å². The molecule has 0 bridgehead atoms. The molecule has 1 aromatic heterocycles. The first-order valence-electron chi connectivity index (χ1n) is 3.77. The fourth-order valence-electron chi connectivity index (χ4n) is 1.32. The highest BCUT2D eigenvalue weighted by Crippen LogP contribution is 2.25. The summed E-state index contributed by atoms with van der Waals surface area (Å²) in [6, 6.07) is 4.04. The number of benzene rings is 1. The number of nitrogens with zero attached hydrogens (tertiary/aromatic N) is 2. The first-order chi connectivity index (χ1) is 5.70. The number of aryl methyl sites for hydroxylation is 2. The van der Waals surface area contributed by atoms with Crippen LogP contribution in [0, 0.1) is 6.92 Å². The molecule has 1 aromatic carbocycles. The minimum absolute atomic E-state index is 0.799. The summed E-state index contributed by atoms with van der Waals surface area (Å²) in [5, 5.41) is 6.02. The molecule has 0 fully saturated rings. The first-order valence-corrected chi connectivity index (χ1v) is 4.15. The number of rotatable bonds is 0. The van der Waals surface area contributed by atoms with Crippen molar-refractivity contribution in [2.75, 3.05) is 0 Å². The topological polar surface area (TPSA) is 17.8 Å². The molecular formula is C9H9ClN2. The van der Waals surface area contributed by atoms with Crippen LogP contribution in [-0.4, -0.2) is 9.78 Å². The molecule has 0 N–H and O–H groups in total. The van der Waals surface area contributed by atoms with Gasteiger partial charge in [0.15, 0.2) is 0 Å². The van der Waals surface area contributed by atoms with Crippen molar-refractivity contribution in [3.05, 3.63) is 28.9 Å². The van der Waals surface area contributed by atoms with Crippen molar-refractivity contribution in [1.29, 1.82) is 0 Å². The van der Waals surface area contributed by atoms with E-state index in [0.29, 0.717) is 0 Å². The number of hydrogen-bond acceptors (Lipinski definition) is 1. The summed E-state index contributed by atoms with van der Waals surface area (Å²) in [7, 11) is 1.90. The van der Waals surface area contributed by atoms with Gasteiger partial charge < -0.3 is 0 Å². The Morgan fingerprint density at radius 3 is 2.92 bits per heavy atom. The van der Waals surface area contributed by atoms with Crippen LogP contribution in [0.25, 0.3) is 10.9 Å². The molecule has 0 spiro atoms. The van der Waals surface area contributed by atoms with Crippen molar-refractivity contribution < 1.29 is 0 Å². The minimum Gasteiger partial charge on any atom is -0.266 e. The van der Waals surface area contributed by atoms with E-state index in [9.17, 15) is 0 Å². The lowest BCUT2D eigenvalue weighted by Crippen LogP contribution is -1.90. The fourth-order valence-corrected chi connectivity index (χ4v) is 1.61. The Bertz CT molecular complexity index is 431. The van der Waals surface area contributed by atoms with Gasteiger partial charge in [0.2, 0.25) is 0 Å². The van der Waals surface area contributed by atoms with Gasteiger partial charge in [-0.05, 0) is 12.5 Å². The summed E-state index contributed by atoms with van der Waals surface area (Å²) >= 11 is 6.11. The second-order valence-corrected chi connectivity index (χ2v) is 3.28. The normalized spacial score (nSPS) is 10.9. The van der Waals surface area contributed by atoms with Gasteiger partial charge in [0.05, 0.1) is 16.7 Å². The second kappa shape index (κ2) is 2.49. The third-order valence-electron chi connectivity index (χ3n) is 2.03. The molecule has 0 aliphatic carbocycles. The first kappa shape index (κ1) is 7.62. The van der Waals surface area contributed by atoms with Gasteiger partial charge in [0, 0.05) is 12.4 Å². The van der Waals surface area contributed by atoms with Gasteiger partial charge in [0.1, 0.15) is 0 Å². The van der Waals surface area contributed by atoms with Crippen LogP contribution in [0.5, 0.6) is 0 Å². The molecule has 2 aromatic rings. The molecule has 0 aliphatic rings. The molecule has 0 saturated carbocycles. The molecule has 0 unspecified atom stereocenters. The van der Waals surface area contributed by atoms with Crippen molar-refractivity contribution in [1.82, 2.24) is 9.78 Å². The third-order valence-corrected chi connectivity index (χ3v) is 2.51. The number of aromatic nitrogens is 2. The van der Waals surface area contributed by atoms with Gasteiger partial charge in [0.25, 0.3) is 0 Å². The Labute approximate surface area is 75.8 Å². The zero-order valence-corrected chi connectivity index (χ0v) is 7.76. The Balaban J connectivity index is 2.96. The SMILES string of the molecule is Cc1ccc2cnn(C)c2c1Cl. The van der Waals surface area contributed by atoms with E-state index >= 15 is 0 Å². The molecule has 3 heteroatoms. The predicted molar refractivity (Wildman–Crippen MR) is 50.5 cm³/mol. The smallest absolute Gasteiger partial charge is 0.0867 e. The lowest BCUT2D eigenvalue weighted by Gasteiger charge is -2.00. The summed E-state index contributed by atoms with van der Waals surface area (Å²) in [5.41, 5.74) is 2.10. The number of fused-ring (bicyclic) bond motifs is 1. The minimum atomic E-state index is 0.799.